The van der Waals surface area contributed by atoms with Gasteiger partial charge in [0.05, 0.1) is 0 Å². The van der Waals surface area contributed by atoms with Gasteiger partial charge in [-0.15, -0.1) is 11.3 Å². The molecule has 1 saturated carbocycles. The Bertz CT molecular complexity index is 1490. The fraction of sp³-hybridized carbons (Fsp3) is 0.379. The van der Waals surface area contributed by atoms with Gasteiger partial charge in [0.2, 0.25) is 0 Å². The van der Waals surface area contributed by atoms with Crippen molar-refractivity contribution in [3.63, 3.8) is 0 Å². The van der Waals surface area contributed by atoms with Crippen LogP contribution in [0.2, 0.25) is 0 Å². The summed E-state index contributed by atoms with van der Waals surface area (Å²) in [7, 11) is 0. The Morgan fingerprint density at radius 1 is 0.846 bits per heavy atom. The Labute approximate surface area is 227 Å². The van der Waals surface area contributed by atoms with E-state index in [0.717, 1.165) is 29.2 Å². The second-order valence-corrected chi connectivity index (χ2v) is 11.3. The molecule has 10 heteroatoms. The molecule has 0 radical (unpaired) electrons. The van der Waals surface area contributed by atoms with Gasteiger partial charge in [0, 0.05) is 68.9 Å². The summed E-state index contributed by atoms with van der Waals surface area (Å²) >= 11 is 1.53. The van der Waals surface area contributed by atoms with E-state index in [4.69, 9.17) is 9.47 Å². The third-order valence-corrected chi connectivity index (χ3v) is 9.10. The second kappa shape index (κ2) is 9.17. The van der Waals surface area contributed by atoms with Crippen molar-refractivity contribution in [3.05, 3.63) is 57.3 Å². The maximum atomic E-state index is 13.9. The molecule has 0 spiro atoms. The maximum Gasteiger partial charge on any atom is 0.261 e. The van der Waals surface area contributed by atoms with Crippen LogP contribution in [0, 0.1) is 5.92 Å². The van der Waals surface area contributed by atoms with Crippen molar-refractivity contribution in [2.45, 2.75) is 44.2 Å². The van der Waals surface area contributed by atoms with Gasteiger partial charge in [-0.1, -0.05) is 6.42 Å². The van der Waals surface area contributed by atoms with E-state index in [0.29, 0.717) is 41.3 Å². The van der Waals surface area contributed by atoms with Crippen LogP contribution in [0.15, 0.2) is 35.0 Å². The molecule has 4 amide bonds. The predicted molar refractivity (Wildman–Crippen MR) is 141 cm³/mol. The minimum absolute atomic E-state index is 0.0938. The van der Waals surface area contributed by atoms with Crippen LogP contribution in [0.1, 0.15) is 73.5 Å². The fourth-order valence-electron chi connectivity index (χ4n) is 6.55. The number of rotatable bonds is 5. The molecular weight excluding hydrogens is 520 g/mol. The van der Waals surface area contributed by atoms with Crippen LogP contribution in [0.4, 0.5) is 0 Å². The fourth-order valence-corrected chi connectivity index (χ4v) is 7.22. The van der Waals surface area contributed by atoms with Crippen LogP contribution >= 0.6 is 11.3 Å². The van der Waals surface area contributed by atoms with Gasteiger partial charge in [-0.05, 0) is 49.9 Å². The highest BCUT2D eigenvalue weighted by Crippen LogP contribution is 2.42. The highest BCUT2D eigenvalue weighted by atomic mass is 32.1. The number of fused-ring (bicyclic) bond motifs is 1. The van der Waals surface area contributed by atoms with Crippen LogP contribution < -0.4 is 9.47 Å². The van der Waals surface area contributed by atoms with E-state index in [1.54, 1.807) is 24.3 Å². The van der Waals surface area contributed by atoms with Crippen LogP contribution in [0.25, 0.3) is 10.8 Å². The van der Waals surface area contributed by atoms with Crippen molar-refractivity contribution < 1.29 is 33.8 Å². The molecule has 1 fully saturated rings. The first kappa shape index (κ1) is 24.3. The molecule has 9 nitrogen and oxygen atoms in total. The van der Waals surface area contributed by atoms with Crippen LogP contribution in [0.5, 0.6) is 11.5 Å². The molecule has 1 aromatic heterocycles. The number of nitrogens with zero attached hydrogens (tertiary/aromatic N) is 2. The van der Waals surface area contributed by atoms with Gasteiger partial charge in [-0.2, -0.15) is 0 Å². The summed E-state index contributed by atoms with van der Waals surface area (Å²) in [5, 5.41) is 13.8. The number of benzene rings is 2. The number of thiophene rings is 1. The lowest BCUT2D eigenvalue weighted by molar-refractivity contribution is 0.0143. The average molecular weight is 547 g/mol. The first-order valence-corrected chi connectivity index (χ1v) is 14.2. The third-order valence-electron chi connectivity index (χ3n) is 8.40. The summed E-state index contributed by atoms with van der Waals surface area (Å²) < 4.78 is 12.1. The van der Waals surface area contributed by atoms with Crippen LogP contribution in [-0.2, 0) is 0 Å². The number of hydrogen-bond donors (Lipinski definition) is 1. The molecule has 1 N–H and O–H groups in total. The molecule has 0 saturated heterocycles. The summed E-state index contributed by atoms with van der Waals surface area (Å²) in [6, 6.07) is 6.06. The quantitative estimate of drug-likeness (QED) is 0.483. The lowest BCUT2D eigenvalue weighted by atomic mass is 9.80. The van der Waals surface area contributed by atoms with E-state index in [-0.39, 0.29) is 48.8 Å². The number of carbonyl (C=O) groups excluding carboxylic acids is 4. The van der Waals surface area contributed by atoms with E-state index >= 15 is 0 Å². The maximum absolute atomic E-state index is 13.9. The van der Waals surface area contributed by atoms with Gasteiger partial charge in [-0.25, -0.2) is 0 Å². The molecule has 39 heavy (non-hydrogen) atoms. The Balaban J connectivity index is 1.21. The molecular formula is C29H26N2O7S. The van der Waals surface area contributed by atoms with Crippen molar-refractivity contribution in [3.8, 4) is 11.5 Å². The number of aliphatic hydroxyl groups is 1. The standard InChI is InChI=1S/C29H26N2O7S/c32-10-2-9-30-26(33)17-5-7-19-25-20(8-6-18(24(17)25)27(30)34)29(36)31(28(19)35)16-4-1-3-15(11-16)21-12-37-22-13-39-14-23(22)38-21/h5-8,13-16,21,32H,1-4,9-12H2. The summed E-state index contributed by atoms with van der Waals surface area (Å²) in [5.74, 6) is -0.118. The van der Waals surface area contributed by atoms with Gasteiger partial charge in [0.25, 0.3) is 23.6 Å². The van der Waals surface area contributed by atoms with Crippen molar-refractivity contribution in [2.75, 3.05) is 19.8 Å². The molecule has 3 atom stereocenters. The summed E-state index contributed by atoms with van der Waals surface area (Å²) in [5.41, 5.74) is 1.24. The van der Waals surface area contributed by atoms with Crippen molar-refractivity contribution >= 4 is 45.7 Å². The Morgan fingerprint density at radius 2 is 1.46 bits per heavy atom. The Hall–Kier alpha value is -3.76. The van der Waals surface area contributed by atoms with Crippen molar-refractivity contribution in [2.24, 2.45) is 5.92 Å². The molecule has 3 aromatic rings. The van der Waals surface area contributed by atoms with Gasteiger partial charge >= 0.3 is 0 Å². The largest absolute Gasteiger partial charge is 0.485 e. The zero-order valence-electron chi connectivity index (χ0n) is 21.1. The number of imide groups is 2. The summed E-state index contributed by atoms with van der Waals surface area (Å²) in [4.78, 5) is 56.6. The zero-order valence-corrected chi connectivity index (χ0v) is 21.9. The van der Waals surface area contributed by atoms with Gasteiger partial charge < -0.3 is 14.6 Å². The highest BCUT2D eigenvalue weighted by Gasteiger charge is 2.44. The molecule has 7 rings (SSSR count). The molecule has 2 aromatic carbocycles. The third kappa shape index (κ3) is 3.61. The molecule has 1 aliphatic carbocycles. The average Bonchev–Trinajstić information content (AvgIpc) is 3.43. The highest BCUT2D eigenvalue weighted by molar-refractivity contribution is 7.08. The van der Waals surface area contributed by atoms with E-state index in [1.807, 2.05) is 10.8 Å². The number of amides is 4. The van der Waals surface area contributed by atoms with Gasteiger partial charge in [0.1, 0.15) is 12.7 Å². The van der Waals surface area contributed by atoms with Gasteiger partial charge in [-0.3, -0.25) is 29.0 Å². The topological polar surface area (TPSA) is 113 Å². The first-order valence-electron chi connectivity index (χ1n) is 13.3. The second-order valence-electron chi connectivity index (χ2n) is 10.5. The van der Waals surface area contributed by atoms with E-state index < -0.39 is 23.6 Å². The van der Waals surface area contributed by atoms with Gasteiger partial charge in [0.15, 0.2) is 11.5 Å². The lowest BCUT2D eigenvalue weighted by Crippen LogP contribution is -2.51. The lowest BCUT2D eigenvalue weighted by Gasteiger charge is -2.41. The van der Waals surface area contributed by atoms with E-state index in [1.165, 1.54) is 16.2 Å². The van der Waals surface area contributed by atoms with Crippen LogP contribution in [-0.4, -0.2) is 70.4 Å². The van der Waals surface area contributed by atoms with E-state index in [9.17, 15) is 24.3 Å². The zero-order chi connectivity index (χ0) is 26.8. The molecule has 3 unspecified atom stereocenters. The number of aliphatic hydroxyl groups excluding tert-OH is 1. The predicted octanol–water partition coefficient (Wildman–Crippen LogP) is 3.87. The first-order chi connectivity index (χ1) is 19.0. The normalized spacial score (nSPS) is 24.1. The smallest absolute Gasteiger partial charge is 0.261 e. The Kier molecular flexibility index (Phi) is 5.71. The number of hydrogen-bond acceptors (Lipinski definition) is 8. The monoisotopic (exact) mass is 546 g/mol. The molecule has 0 bridgehead atoms. The summed E-state index contributed by atoms with van der Waals surface area (Å²) in [6.07, 6.45) is 3.24. The Morgan fingerprint density at radius 3 is 2.10 bits per heavy atom. The molecule has 4 aliphatic rings. The SMILES string of the molecule is O=C1c2ccc3c4c(ccc(c24)C(=O)N1CCCO)C(=O)N(C1CCCC(C2COc4cscc4O2)C1)C3=O. The summed E-state index contributed by atoms with van der Waals surface area (Å²) in [6.45, 7) is 0.387. The molecule has 200 valence electrons. The minimum Gasteiger partial charge on any atom is -0.485 e. The number of carbonyl (C=O) groups is 4. The van der Waals surface area contributed by atoms with Crippen molar-refractivity contribution in [1.29, 1.82) is 0 Å². The molecule has 4 heterocycles. The number of ether oxygens (including phenoxy) is 2. The van der Waals surface area contributed by atoms with E-state index in [2.05, 4.69) is 0 Å². The van der Waals surface area contributed by atoms with Crippen molar-refractivity contribution in [1.82, 2.24) is 9.80 Å². The van der Waals surface area contributed by atoms with Crippen LogP contribution in [0.3, 0.4) is 0 Å². The minimum atomic E-state index is -0.481. The molecule has 3 aliphatic heterocycles.